The van der Waals surface area contributed by atoms with Gasteiger partial charge in [0.1, 0.15) is 10.6 Å². The molecule has 0 amide bonds. The second-order valence-electron chi connectivity index (χ2n) is 11.5. The van der Waals surface area contributed by atoms with Crippen LogP contribution < -0.4 is 39.6 Å². The van der Waals surface area contributed by atoms with Crippen molar-refractivity contribution in [2.24, 2.45) is 12.0 Å². The van der Waals surface area contributed by atoms with E-state index in [-0.39, 0.29) is 46.7 Å². The third kappa shape index (κ3) is 8.79. The van der Waals surface area contributed by atoms with Crippen LogP contribution in [0.5, 0.6) is 5.75 Å². The summed E-state index contributed by atoms with van der Waals surface area (Å²) >= 11 is 0. The SMILES string of the molecule is CCOc1ccc(Nc2ccc(C(=C3C=CC(=NCCS(=O)(=O)[O-])C=C3)c3c(-c4ccccc4)n(C)c4ccccc34)cc2S(=O)(=O)O)cc1.[Na+]. The molecule has 51 heavy (non-hydrogen) atoms. The van der Waals surface area contributed by atoms with Crippen molar-refractivity contribution in [3.8, 4) is 17.0 Å². The fourth-order valence-corrected chi connectivity index (χ4v) is 6.99. The van der Waals surface area contributed by atoms with Crippen molar-refractivity contribution in [3.63, 3.8) is 0 Å². The zero-order valence-electron chi connectivity index (χ0n) is 28.3. The van der Waals surface area contributed by atoms with Crippen molar-refractivity contribution in [2.75, 3.05) is 24.2 Å². The molecule has 2 N–H and O–H groups in total. The monoisotopic (exact) mass is 731 g/mol. The number of nitrogens with one attached hydrogen (secondary N) is 1. The number of nitrogens with zero attached hydrogens (tertiary/aromatic N) is 2. The van der Waals surface area contributed by atoms with Crippen LogP contribution in [0.2, 0.25) is 0 Å². The number of hydrogen-bond acceptors (Lipinski definition) is 8. The van der Waals surface area contributed by atoms with E-state index in [4.69, 9.17) is 4.74 Å². The number of aryl methyl sites for hydroxylation is 1. The zero-order valence-corrected chi connectivity index (χ0v) is 31.9. The van der Waals surface area contributed by atoms with Crippen LogP contribution in [0.15, 0.2) is 137 Å². The number of hydrogen-bond donors (Lipinski definition) is 2. The smallest absolute Gasteiger partial charge is 0.748 e. The maximum absolute atomic E-state index is 13.0. The first-order valence-corrected chi connectivity index (χ1v) is 18.8. The maximum atomic E-state index is 13.0. The summed E-state index contributed by atoms with van der Waals surface area (Å²) in [5.74, 6) is 0.0547. The van der Waals surface area contributed by atoms with E-state index in [9.17, 15) is 25.9 Å². The molecular formula is C38H34N3NaO7S2. The van der Waals surface area contributed by atoms with Crippen LogP contribution in [0, 0.1) is 0 Å². The minimum atomic E-state index is -4.71. The maximum Gasteiger partial charge on any atom is 1.00 e. The van der Waals surface area contributed by atoms with Gasteiger partial charge in [0.15, 0.2) is 0 Å². The zero-order chi connectivity index (χ0) is 35.5. The van der Waals surface area contributed by atoms with Crippen molar-refractivity contribution in [3.05, 3.63) is 138 Å². The average molecular weight is 732 g/mol. The summed E-state index contributed by atoms with van der Waals surface area (Å²) < 4.78 is 77.4. The summed E-state index contributed by atoms with van der Waals surface area (Å²) in [5.41, 5.74) is 6.79. The van der Waals surface area contributed by atoms with Gasteiger partial charge in [-0.1, -0.05) is 66.7 Å². The van der Waals surface area contributed by atoms with Gasteiger partial charge < -0.3 is 19.2 Å². The van der Waals surface area contributed by atoms with E-state index in [0.717, 1.165) is 27.7 Å². The van der Waals surface area contributed by atoms with E-state index in [1.165, 1.54) is 6.07 Å². The molecule has 1 aromatic heterocycles. The van der Waals surface area contributed by atoms with E-state index in [1.807, 2.05) is 80.7 Å². The minimum absolute atomic E-state index is 0. The molecule has 1 aliphatic rings. The molecule has 0 radical (unpaired) electrons. The van der Waals surface area contributed by atoms with Crippen molar-refractivity contribution >= 4 is 53.8 Å². The third-order valence-electron chi connectivity index (χ3n) is 8.19. The molecule has 0 aliphatic heterocycles. The molecule has 256 valence electrons. The second kappa shape index (κ2) is 16.0. The predicted octanol–water partition coefficient (Wildman–Crippen LogP) is 4.15. The number of aliphatic imine (C=N–C) groups is 1. The quantitative estimate of drug-likeness (QED) is 0.152. The molecule has 10 nitrogen and oxygen atoms in total. The van der Waals surface area contributed by atoms with Crippen LogP contribution in [0.25, 0.3) is 27.7 Å². The van der Waals surface area contributed by atoms with Gasteiger partial charge >= 0.3 is 29.6 Å². The number of ether oxygens (including phenoxy) is 1. The molecule has 0 spiro atoms. The predicted molar refractivity (Wildman–Crippen MR) is 197 cm³/mol. The normalized spacial score (nSPS) is 12.9. The number of para-hydroxylation sites is 1. The standard InChI is InChI=1S/C38H35N3O7S2.Na/c1-3-48-31-20-18-30(19-21-31)40-33-22-15-28(25-35(33)50(45,46)47)36(26-13-16-29(17-14-26)39-23-24-49(42,43)44)37-32-11-7-8-12-34(32)41(2)38(37)27-9-5-4-6-10-27;/h4-22,25,40H,3,23-24H2,1-2H3,(H,42,43,44)(H,45,46,47);/q;+1/p-1. The van der Waals surface area contributed by atoms with Gasteiger partial charge in [0.25, 0.3) is 10.1 Å². The number of rotatable bonds is 11. The van der Waals surface area contributed by atoms with E-state index >= 15 is 0 Å². The molecule has 4 aromatic carbocycles. The first-order chi connectivity index (χ1) is 23.9. The molecule has 1 aliphatic carbocycles. The van der Waals surface area contributed by atoms with Gasteiger partial charge in [0.2, 0.25) is 0 Å². The molecule has 0 bridgehead atoms. The summed E-state index contributed by atoms with van der Waals surface area (Å²) in [4.78, 5) is 3.94. The number of fused-ring (bicyclic) bond motifs is 1. The van der Waals surface area contributed by atoms with Crippen molar-refractivity contribution in [1.29, 1.82) is 0 Å². The first-order valence-electron chi connectivity index (χ1n) is 15.8. The van der Waals surface area contributed by atoms with Gasteiger partial charge in [-0.15, -0.1) is 0 Å². The Balaban J connectivity index is 0.00000504. The molecule has 0 saturated carbocycles. The molecule has 6 rings (SSSR count). The van der Waals surface area contributed by atoms with Gasteiger partial charge in [0.05, 0.1) is 46.1 Å². The Labute approximate surface area is 319 Å². The molecular weight excluding hydrogens is 698 g/mol. The van der Waals surface area contributed by atoms with Crippen LogP contribution in [0.1, 0.15) is 18.1 Å². The van der Waals surface area contributed by atoms with Gasteiger partial charge in [-0.3, -0.25) is 9.55 Å². The molecule has 1 heterocycles. The van der Waals surface area contributed by atoms with E-state index in [0.29, 0.717) is 40.5 Å². The largest absolute Gasteiger partial charge is 1.00 e. The third-order valence-corrected chi connectivity index (χ3v) is 9.76. The van der Waals surface area contributed by atoms with Crippen molar-refractivity contribution in [2.45, 2.75) is 11.8 Å². The van der Waals surface area contributed by atoms with E-state index in [1.54, 1.807) is 48.6 Å². The molecule has 0 unspecified atom stereocenters. The number of allylic oxidation sites excluding steroid dienone is 5. The van der Waals surface area contributed by atoms with Crippen LogP contribution in [0.3, 0.4) is 0 Å². The molecule has 0 saturated heterocycles. The second-order valence-corrected chi connectivity index (χ2v) is 14.4. The van der Waals surface area contributed by atoms with Crippen LogP contribution >= 0.6 is 0 Å². The van der Waals surface area contributed by atoms with Gasteiger partial charge in [0, 0.05) is 29.2 Å². The molecule has 5 aromatic rings. The number of aromatic nitrogens is 1. The van der Waals surface area contributed by atoms with Crippen LogP contribution in [-0.2, 0) is 27.3 Å². The molecule has 0 fully saturated rings. The summed E-state index contributed by atoms with van der Waals surface area (Å²) in [6.07, 6.45) is 7.06. The fourth-order valence-electron chi connectivity index (χ4n) is 6.01. The Morgan fingerprint density at radius 1 is 0.882 bits per heavy atom. The topological polar surface area (TPSA) is 150 Å². The summed E-state index contributed by atoms with van der Waals surface area (Å²) in [6, 6.07) is 29.7. The van der Waals surface area contributed by atoms with Gasteiger partial charge in [-0.25, -0.2) is 8.42 Å². The average Bonchev–Trinajstić information content (AvgIpc) is 3.38. The fraction of sp³-hybridized carbons (Fsp3) is 0.132. The molecule has 0 atom stereocenters. The van der Waals surface area contributed by atoms with Gasteiger partial charge in [-0.2, -0.15) is 8.42 Å². The Morgan fingerprint density at radius 2 is 1.55 bits per heavy atom. The summed E-state index contributed by atoms with van der Waals surface area (Å²) in [5, 5.41) is 4.04. The van der Waals surface area contributed by atoms with E-state index in [2.05, 4.69) is 14.9 Å². The Kier molecular flexibility index (Phi) is 11.9. The van der Waals surface area contributed by atoms with Gasteiger partial charge in [-0.05, 0) is 83.8 Å². The minimum Gasteiger partial charge on any atom is -0.748 e. The number of benzene rings is 4. The van der Waals surface area contributed by atoms with Crippen molar-refractivity contribution in [1.82, 2.24) is 4.57 Å². The van der Waals surface area contributed by atoms with Crippen LogP contribution in [-0.4, -0.2) is 55.1 Å². The van der Waals surface area contributed by atoms with Crippen LogP contribution in [0.4, 0.5) is 11.4 Å². The first kappa shape index (κ1) is 38.0. The summed E-state index contributed by atoms with van der Waals surface area (Å²) in [7, 11) is -7.15. The molecule has 13 heteroatoms. The Hall–Kier alpha value is -4.27. The van der Waals surface area contributed by atoms with Crippen molar-refractivity contribution < 1.29 is 60.2 Å². The Morgan fingerprint density at radius 3 is 2.20 bits per heavy atom. The van der Waals surface area contributed by atoms with E-state index < -0.39 is 26.0 Å². The number of anilines is 2. The Bertz CT molecular complexity index is 2400. The summed E-state index contributed by atoms with van der Waals surface area (Å²) in [6.45, 7) is 2.21.